The third-order valence-corrected chi connectivity index (χ3v) is 3.11. The topological polar surface area (TPSA) is 137 Å². The van der Waals surface area contributed by atoms with E-state index in [1.807, 2.05) is 0 Å². The molecular formula is C9H12N3O6P. The molecule has 1 fully saturated rings. The lowest BCUT2D eigenvalue weighted by molar-refractivity contribution is -0.0542. The Morgan fingerprint density at radius 2 is 2.37 bits per heavy atom. The lowest BCUT2D eigenvalue weighted by atomic mass is 10.1. The first kappa shape index (κ1) is 14.0. The van der Waals surface area contributed by atoms with Crippen molar-refractivity contribution in [2.24, 2.45) is 0 Å². The Labute approximate surface area is 108 Å². The average molecular weight is 289 g/mol. The van der Waals surface area contributed by atoms with Crippen LogP contribution in [-0.2, 0) is 13.8 Å². The van der Waals surface area contributed by atoms with Gasteiger partial charge in [-0.2, -0.15) is 4.98 Å². The third kappa shape index (κ3) is 2.65. The number of nitrogens with two attached hydrogens (primary N) is 1. The zero-order chi connectivity index (χ0) is 14.0. The molecule has 2 unspecified atom stereocenters. The molecule has 0 spiro atoms. The van der Waals surface area contributed by atoms with Gasteiger partial charge in [0.2, 0.25) is 0 Å². The maximum absolute atomic E-state index is 11.6. The molecule has 0 radical (unpaired) electrons. The van der Waals surface area contributed by atoms with Gasteiger partial charge in [0.25, 0.3) is 0 Å². The Balaban J connectivity index is 2.30. The van der Waals surface area contributed by atoms with E-state index >= 15 is 0 Å². The van der Waals surface area contributed by atoms with Gasteiger partial charge in [0, 0.05) is 6.20 Å². The molecule has 4 N–H and O–H groups in total. The maximum atomic E-state index is 11.6. The van der Waals surface area contributed by atoms with Gasteiger partial charge in [-0.05, 0) is 6.07 Å². The van der Waals surface area contributed by atoms with Crippen LogP contribution in [0.2, 0.25) is 0 Å². The van der Waals surface area contributed by atoms with Gasteiger partial charge in [0.1, 0.15) is 24.1 Å². The van der Waals surface area contributed by atoms with E-state index in [9.17, 15) is 14.5 Å². The number of nitrogen functional groups attached to an aromatic ring is 1. The summed E-state index contributed by atoms with van der Waals surface area (Å²) >= 11 is 0. The summed E-state index contributed by atoms with van der Waals surface area (Å²) in [5.74, 6) is 0.0401. The second-order valence-electron chi connectivity index (χ2n) is 3.93. The van der Waals surface area contributed by atoms with E-state index in [-0.39, 0.29) is 5.82 Å². The van der Waals surface area contributed by atoms with Crippen molar-refractivity contribution in [2.75, 3.05) is 12.3 Å². The summed E-state index contributed by atoms with van der Waals surface area (Å²) in [5.41, 5.74) is 4.65. The molecule has 1 aromatic rings. The number of rotatable bonds is 4. The summed E-state index contributed by atoms with van der Waals surface area (Å²) in [5, 5.41) is 19.1. The van der Waals surface area contributed by atoms with Crippen LogP contribution >= 0.6 is 8.69 Å². The molecule has 19 heavy (non-hydrogen) atoms. The predicted molar refractivity (Wildman–Crippen MR) is 62.4 cm³/mol. The van der Waals surface area contributed by atoms with E-state index in [1.54, 1.807) is 0 Å². The fraction of sp³-hybridized carbons (Fsp3) is 0.556. The molecule has 1 aromatic heterocycles. The van der Waals surface area contributed by atoms with E-state index in [1.165, 1.54) is 12.3 Å². The first-order chi connectivity index (χ1) is 9.08. The number of hydrogen-bond acceptors (Lipinski definition) is 8. The molecule has 4 atom stereocenters. The van der Waals surface area contributed by atoms with Crippen molar-refractivity contribution in [2.45, 2.75) is 24.5 Å². The molecule has 1 aliphatic heterocycles. The van der Waals surface area contributed by atoms with Crippen LogP contribution in [0.5, 0.6) is 0 Å². The van der Waals surface area contributed by atoms with Crippen LogP contribution in [0.3, 0.4) is 0 Å². The van der Waals surface area contributed by atoms with Gasteiger partial charge in [-0.25, -0.2) is 9.36 Å². The van der Waals surface area contributed by atoms with Crippen molar-refractivity contribution < 1.29 is 24.0 Å². The van der Waals surface area contributed by atoms with Crippen LogP contribution in [0.15, 0.2) is 17.1 Å². The monoisotopic (exact) mass is 289 g/mol. The molecule has 104 valence electrons. The van der Waals surface area contributed by atoms with Gasteiger partial charge in [0.15, 0.2) is 6.23 Å². The minimum atomic E-state index is -1.28. The lowest BCUT2D eigenvalue weighted by Crippen LogP contribution is -2.36. The van der Waals surface area contributed by atoms with Gasteiger partial charge in [-0.15, -0.1) is 0 Å². The smallest absolute Gasteiger partial charge is 0.351 e. The van der Waals surface area contributed by atoms with Gasteiger partial charge < -0.3 is 20.7 Å². The van der Waals surface area contributed by atoms with Crippen LogP contribution in [0.4, 0.5) is 5.82 Å². The van der Waals surface area contributed by atoms with Gasteiger partial charge in [-0.1, -0.05) is 0 Å². The third-order valence-electron chi connectivity index (χ3n) is 2.78. The van der Waals surface area contributed by atoms with E-state index in [4.69, 9.17) is 20.1 Å². The van der Waals surface area contributed by atoms with Crippen LogP contribution in [0, 0.1) is 0 Å². The number of aromatic nitrogens is 2. The summed E-state index contributed by atoms with van der Waals surface area (Å²) in [4.78, 5) is 15.1. The fourth-order valence-electron chi connectivity index (χ4n) is 1.90. The summed E-state index contributed by atoms with van der Waals surface area (Å²) < 4.78 is 21.5. The van der Waals surface area contributed by atoms with Crippen molar-refractivity contribution in [1.82, 2.24) is 9.55 Å². The lowest BCUT2D eigenvalue weighted by Gasteiger charge is -2.17. The van der Waals surface area contributed by atoms with Crippen molar-refractivity contribution in [3.63, 3.8) is 0 Å². The molecule has 0 amide bonds. The molecule has 0 saturated carbocycles. The summed E-state index contributed by atoms with van der Waals surface area (Å²) in [6.45, 7) is -0.453. The number of aliphatic hydroxyl groups excluding tert-OH is 2. The zero-order valence-corrected chi connectivity index (χ0v) is 10.5. The van der Waals surface area contributed by atoms with E-state index in [0.29, 0.717) is 0 Å². The Bertz CT molecular complexity index is 523. The Kier molecular flexibility index (Phi) is 4.23. The number of ether oxygens (including phenoxy) is 1. The maximum Gasteiger partial charge on any atom is 0.351 e. The second-order valence-corrected chi connectivity index (χ2v) is 4.28. The minimum Gasteiger partial charge on any atom is -0.394 e. The van der Waals surface area contributed by atoms with Crippen LogP contribution in [-0.4, -0.2) is 44.7 Å². The Hall–Kier alpha value is -1.38. The highest BCUT2D eigenvalue weighted by Gasteiger charge is 2.46. The number of hydrogen-bond donors (Lipinski definition) is 3. The van der Waals surface area contributed by atoms with E-state index < -0.39 is 45.5 Å². The molecule has 2 rings (SSSR count). The summed E-state index contributed by atoms with van der Waals surface area (Å²) in [6.07, 6.45) is -2.97. The van der Waals surface area contributed by atoms with E-state index in [2.05, 4.69) is 4.98 Å². The molecule has 9 nitrogen and oxygen atoms in total. The van der Waals surface area contributed by atoms with Crippen LogP contribution < -0.4 is 11.4 Å². The fourth-order valence-corrected chi connectivity index (χ4v) is 2.26. The molecule has 10 heteroatoms. The largest absolute Gasteiger partial charge is 0.394 e. The highest BCUT2D eigenvalue weighted by atomic mass is 31.1. The highest BCUT2D eigenvalue weighted by molar-refractivity contribution is 7.17. The Morgan fingerprint density at radius 1 is 1.63 bits per heavy atom. The molecule has 1 aliphatic rings. The van der Waals surface area contributed by atoms with Crippen molar-refractivity contribution in [1.29, 1.82) is 0 Å². The van der Waals surface area contributed by atoms with Gasteiger partial charge >= 0.3 is 14.4 Å². The normalized spacial score (nSPS) is 30.8. The molecule has 0 bridgehead atoms. The van der Waals surface area contributed by atoms with Crippen molar-refractivity contribution in [3.05, 3.63) is 22.7 Å². The first-order valence-corrected chi connectivity index (χ1v) is 6.09. The quantitative estimate of drug-likeness (QED) is 0.580. The number of aliphatic hydroxyl groups is 2. The summed E-state index contributed by atoms with van der Waals surface area (Å²) in [7, 11) is -0.657. The SMILES string of the molecule is Nc1ccn([C@@H]2O[C@H](CO)C(OP=O)C2O)c(=O)n1. The average Bonchev–Trinajstić information content (AvgIpc) is 2.68. The summed E-state index contributed by atoms with van der Waals surface area (Å²) in [6, 6.07) is 1.37. The zero-order valence-electron chi connectivity index (χ0n) is 9.62. The molecular weight excluding hydrogens is 277 g/mol. The van der Waals surface area contributed by atoms with Gasteiger partial charge in [0.05, 0.1) is 6.61 Å². The standard InChI is InChI=1S/C9H12N3O6P/c10-5-1-2-12(9(15)11-5)8-6(14)7(18-19-16)4(3-13)17-8/h1-2,4,6-8,13-14H,3H2,(H2,10,11,15)/t4-,6?,7?,8-/m1/s1. The van der Waals surface area contributed by atoms with Gasteiger partial charge in [-0.3, -0.25) is 9.09 Å². The van der Waals surface area contributed by atoms with Crippen molar-refractivity contribution in [3.8, 4) is 0 Å². The number of nitrogens with zero attached hydrogens (tertiary/aromatic N) is 2. The predicted octanol–water partition coefficient (Wildman–Crippen LogP) is -1.33. The Morgan fingerprint density at radius 3 is 2.95 bits per heavy atom. The number of anilines is 1. The van der Waals surface area contributed by atoms with E-state index in [0.717, 1.165) is 4.57 Å². The molecule has 0 aliphatic carbocycles. The second kappa shape index (κ2) is 5.72. The minimum absolute atomic E-state index is 0.0401. The molecule has 0 aromatic carbocycles. The van der Waals surface area contributed by atoms with Crippen LogP contribution in [0.25, 0.3) is 0 Å². The molecule has 2 heterocycles. The molecule has 1 saturated heterocycles. The highest BCUT2D eigenvalue weighted by Crippen LogP contribution is 2.32. The first-order valence-electron chi connectivity index (χ1n) is 5.36. The van der Waals surface area contributed by atoms with Crippen molar-refractivity contribution >= 4 is 14.5 Å². The van der Waals surface area contributed by atoms with Crippen LogP contribution in [0.1, 0.15) is 6.23 Å².